The molecule has 0 saturated heterocycles. The van der Waals surface area contributed by atoms with Crippen LogP contribution in [0.5, 0.6) is 0 Å². The minimum Gasteiger partial charge on any atom is -0.383 e. The molecule has 2 aromatic rings. The first-order chi connectivity index (χ1) is 10.3. The van der Waals surface area contributed by atoms with E-state index in [9.17, 15) is 0 Å². The number of aromatic nitrogens is 2. The van der Waals surface area contributed by atoms with Gasteiger partial charge in [-0.2, -0.15) is 0 Å². The molecule has 0 saturated carbocycles. The molecular weight excluding hydrogens is 290 g/mol. The monoisotopic (exact) mass is 311 g/mol. The van der Waals surface area contributed by atoms with Gasteiger partial charge in [-0.25, -0.2) is 15.8 Å². The largest absolute Gasteiger partial charge is 0.383 e. The Hall–Kier alpha value is -1.32. The first-order valence-electron chi connectivity index (χ1n) is 6.69. The van der Waals surface area contributed by atoms with Crippen LogP contribution in [0, 0.1) is 0 Å². The van der Waals surface area contributed by atoms with Gasteiger partial charge >= 0.3 is 0 Å². The van der Waals surface area contributed by atoms with Crippen LogP contribution in [0.25, 0.3) is 10.2 Å². The zero-order valence-electron chi connectivity index (χ0n) is 12.3. The molecule has 0 aliphatic carbocycles. The summed E-state index contributed by atoms with van der Waals surface area (Å²) < 4.78 is 10.3. The highest BCUT2D eigenvalue weighted by Gasteiger charge is 2.12. The number of hydrazine groups is 1. The molecule has 2 rings (SSSR count). The highest BCUT2D eigenvalue weighted by molar-refractivity contribution is 7.16. The number of anilines is 1. The van der Waals surface area contributed by atoms with Crippen LogP contribution in [0.3, 0.4) is 0 Å². The van der Waals surface area contributed by atoms with Gasteiger partial charge in [-0.15, -0.1) is 11.3 Å². The zero-order chi connectivity index (χ0) is 15.1. The summed E-state index contributed by atoms with van der Waals surface area (Å²) in [5.41, 5.74) is 2.64. The van der Waals surface area contributed by atoms with Crippen molar-refractivity contribution in [2.24, 2.45) is 5.84 Å². The maximum atomic E-state index is 5.55. The molecule has 21 heavy (non-hydrogen) atoms. The first kappa shape index (κ1) is 16.1. The molecule has 0 fully saturated rings. The predicted molar refractivity (Wildman–Crippen MR) is 84.3 cm³/mol. The van der Waals surface area contributed by atoms with E-state index in [1.54, 1.807) is 25.6 Å². The summed E-state index contributed by atoms with van der Waals surface area (Å²) in [6.45, 7) is 3.56. The van der Waals surface area contributed by atoms with Crippen LogP contribution in [-0.2, 0) is 16.0 Å². The van der Waals surface area contributed by atoms with Crippen molar-refractivity contribution in [3.05, 3.63) is 17.3 Å². The molecule has 116 valence electrons. The number of fused-ring (bicyclic) bond motifs is 1. The molecule has 0 radical (unpaired) electrons. The van der Waals surface area contributed by atoms with E-state index in [0.717, 1.165) is 29.1 Å². The number of nitrogens with zero attached hydrogens (tertiary/aromatic N) is 3. The van der Waals surface area contributed by atoms with Gasteiger partial charge in [-0.05, 0) is 11.4 Å². The van der Waals surface area contributed by atoms with Gasteiger partial charge in [-0.1, -0.05) is 0 Å². The van der Waals surface area contributed by atoms with Crippen molar-refractivity contribution in [2.75, 3.05) is 45.9 Å². The second-order valence-corrected chi connectivity index (χ2v) is 5.43. The van der Waals surface area contributed by atoms with Crippen molar-refractivity contribution >= 4 is 27.4 Å². The highest BCUT2D eigenvalue weighted by Crippen LogP contribution is 2.24. The standard InChI is InChI=1S/C13H21N5O2S/c1-19-6-4-18(5-7-20-2)9-11-15-12(17-14)10-3-8-21-13(10)16-11/h3,8H,4-7,9,14H2,1-2H3,(H,15,16,17). The lowest BCUT2D eigenvalue weighted by atomic mass is 10.3. The van der Waals surface area contributed by atoms with Crippen molar-refractivity contribution in [3.8, 4) is 0 Å². The summed E-state index contributed by atoms with van der Waals surface area (Å²) >= 11 is 1.58. The molecular formula is C13H21N5O2S. The molecule has 0 aromatic carbocycles. The Kier molecular flexibility index (Phi) is 6.27. The molecule has 8 heteroatoms. The summed E-state index contributed by atoms with van der Waals surface area (Å²) in [6, 6.07) is 1.96. The Balaban J connectivity index is 2.14. The average Bonchev–Trinajstić information content (AvgIpc) is 2.97. The summed E-state index contributed by atoms with van der Waals surface area (Å²) in [7, 11) is 3.39. The van der Waals surface area contributed by atoms with E-state index < -0.39 is 0 Å². The Morgan fingerprint density at radius 3 is 2.57 bits per heavy atom. The third kappa shape index (κ3) is 4.32. The van der Waals surface area contributed by atoms with E-state index in [2.05, 4.69) is 20.3 Å². The lowest BCUT2D eigenvalue weighted by molar-refractivity contribution is 0.109. The summed E-state index contributed by atoms with van der Waals surface area (Å²) in [4.78, 5) is 12.2. The lowest BCUT2D eigenvalue weighted by Crippen LogP contribution is -2.31. The third-order valence-corrected chi connectivity index (χ3v) is 3.90. The van der Waals surface area contributed by atoms with Gasteiger partial charge in [0.15, 0.2) is 5.82 Å². The first-order valence-corrected chi connectivity index (χ1v) is 7.57. The molecule has 0 atom stereocenters. The Morgan fingerprint density at radius 1 is 1.24 bits per heavy atom. The van der Waals surface area contributed by atoms with Crippen molar-refractivity contribution in [3.63, 3.8) is 0 Å². The fraction of sp³-hybridized carbons (Fsp3) is 0.538. The van der Waals surface area contributed by atoms with E-state index in [1.165, 1.54) is 0 Å². The quantitative estimate of drug-likeness (QED) is 0.529. The molecule has 2 aromatic heterocycles. The predicted octanol–water partition coefficient (Wildman–Crippen LogP) is 1.07. The number of ether oxygens (including phenoxy) is 2. The van der Waals surface area contributed by atoms with Crippen LogP contribution < -0.4 is 11.3 Å². The number of methoxy groups -OCH3 is 2. The Labute approximate surface area is 128 Å². The van der Waals surface area contributed by atoms with E-state index in [1.807, 2.05) is 11.4 Å². The van der Waals surface area contributed by atoms with Gasteiger partial charge in [0.05, 0.1) is 25.1 Å². The fourth-order valence-electron chi connectivity index (χ4n) is 1.99. The molecule has 0 unspecified atom stereocenters. The van der Waals surface area contributed by atoms with E-state index >= 15 is 0 Å². The smallest absolute Gasteiger partial charge is 0.152 e. The Morgan fingerprint density at radius 2 is 1.95 bits per heavy atom. The third-order valence-electron chi connectivity index (χ3n) is 3.10. The SMILES string of the molecule is COCCN(CCOC)Cc1nc(NN)c2ccsc2n1. The van der Waals surface area contributed by atoms with Gasteiger partial charge in [0.1, 0.15) is 10.7 Å². The maximum absolute atomic E-state index is 5.55. The number of hydrogen-bond donors (Lipinski definition) is 2. The number of nitrogen functional groups attached to an aromatic ring is 1. The number of rotatable bonds is 9. The second-order valence-electron chi connectivity index (χ2n) is 4.53. The topological polar surface area (TPSA) is 85.5 Å². The highest BCUT2D eigenvalue weighted by atomic mass is 32.1. The molecule has 0 bridgehead atoms. The fourth-order valence-corrected chi connectivity index (χ4v) is 2.77. The zero-order valence-corrected chi connectivity index (χ0v) is 13.2. The molecule has 7 nitrogen and oxygen atoms in total. The van der Waals surface area contributed by atoms with Crippen LogP contribution in [0.2, 0.25) is 0 Å². The normalized spacial score (nSPS) is 11.4. The van der Waals surface area contributed by atoms with Gasteiger partial charge in [0.2, 0.25) is 0 Å². The van der Waals surface area contributed by atoms with Crippen LogP contribution in [0.1, 0.15) is 5.82 Å². The molecule has 0 aliphatic rings. The summed E-state index contributed by atoms with van der Waals surface area (Å²) in [5, 5.41) is 2.93. The van der Waals surface area contributed by atoms with Crippen molar-refractivity contribution in [1.29, 1.82) is 0 Å². The number of thiophene rings is 1. The van der Waals surface area contributed by atoms with Gasteiger partial charge in [-0.3, -0.25) is 4.90 Å². The van der Waals surface area contributed by atoms with Crippen molar-refractivity contribution in [1.82, 2.24) is 14.9 Å². The maximum Gasteiger partial charge on any atom is 0.152 e. The molecule has 0 spiro atoms. The van der Waals surface area contributed by atoms with Gasteiger partial charge in [0.25, 0.3) is 0 Å². The lowest BCUT2D eigenvalue weighted by Gasteiger charge is -2.20. The van der Waals surface area contributed by atoms with Crippen LogP contribution in [0.4, 0.5) is 5.82 Å². The average molecular weight is 311 g/mol. The van der Waals surface area contributed by atoms with Crippen molar-refractivity contribution < 1.29 is 9.47 Å². The molecule has 2 heterocycles. The van der Waals surface area contributed by atoms with E-state index in [-0.39, 0.29) is 0 Å². The van der Waals surface area contributed by atoms with E-state index in [4.69, 9.17) is 15.3 Å². The number of nitrogens with one attached hydrogen (secondary N) is 1. The Bertz CT molecular complexity index is 554. The minimum atomic E-state index is 0.634. The number of nitrogens with two attached hydrogens (primary N) is 1. The van der Waals surface area contributed by atoms with E-state index in [0.29, 0.717) is 25.6 Å². The molecule has 3 N–H and O–H groups in total. The van der Waals surface area contributed by atoms with Gasteiger partial charge < -0.3 is 14.9 Å². The van der Waals surface area contributed by atoms with Crippen LogP contribution in [-0.4, -0.2) is 55.4 Å². The van der Waals surface area contributed by atoms with Gasteiger partial charge in [0, 0.05) is 27.3 Å². The van der Waals surface area contributed by atoms with Crippen LogP contribution >= 0.6 is 11.3 Å². The molecule has 0 amide bonds. The number of hydrogen-bond acceptors (Lipinski definition) is 8. The minimum absolute atomic E-state index is 0.634. The molecule has 0 aliphatic heterocycles. The summed E-state index contributed by atoms with van der Waals surface area (Å²) in [5.74, 6) is 6.95. The summed E-state index contributed by atoms with van der Waals surface area (Å²) in [6.07, 6.45) is 0. The van der Waals surface area contributed by atoms with Crippen molar-refractivity contribution in [2.45, 2.75) is 6.54 Å². The second kappa shape index (κ2) is 8.20. The van der Waals surface area contributed by atoms with Crippen LogP contribution in [0.15, 0.2) is 11.4 Å².